The molecule has 3 aromatic rings. The molecule has 1 aliphatic rings. The van der Waals surface area contributed by atoms with Crippen molar-refractivity contribution >= 4 is 22.9 Å². The molecule has 156 valence electrons. The first-order valence-electron chi connectivity index (χ1n) is 10.1. The Morgan fingerprint density at radius 1 is 1.13 bits per heavy atom. The van der Waals surface area contributed by atoms with Crippen LogP contribution in [0.3, 0.4) is 0 Å². The fourth-order valence-electron chi connectivity index (χ4n) is 3.61. The number of anilines is 1. The van der Waals surface area contributed by atoms with Gasteiger partial charge in [-0.15, -0.1) is 11.3 Å². The van der Waals surface area contributed by atoms with E-state index in [-0.39, 0.29) is 17.8 Å². The van der Waals surface area contributed by atoms with Crippen LogP contribution in [-0.4, -0.2) is 52.9 Å². The predicted octanol–water partition coefficient (Wildman–Crippen LogP) is 4.09. The van der Waals surface area contributed by atoms with Crippen molar-refractivity contribution < 1.29 is 9.18 Å². The topological polar surface area (TPSA) is 48.5 Å². The van der Waals surface area contributed by atoms with Crippen molar-refractivity contribution in [1.29, 1.82) is 0 Å². The molecule has 1 atom stereocenters. The lowest BCUT2D eigenvalue weighted by molar-refractivity contribution is -0.121. The second-order valence-electron chi connectivity index (χ2n) is 7.50. The molecular weight excluding hydrogens is 399 g/mol. The Kier molecular flexibility index (Phi) is 6.52. The molecular formula is C23H25FN4OS. The molecule has 1 fully saturated rings. The quantitative estimate of drug-likeness (QED) is 0.647. The average Bonchev–Trinajstić information content (AvgIpc) is 3.23. The number of amides is 1. The summed E-state index contributed by atoms with van der Waals surface area (Å²) in [6.07, 6.45) is 0. The van der Waals surface area contributed by atoms with Crippen molar-refractivity contribution in [1.82, 2.24) is 14.8 Å². The van der Waals surface area contributed by atoms with Crippen molar-refractivity contribution in [3.05, 3.63) is 71.5 Å². The maximum atomic E-state index is 13.3. The highest BCUT2D eigenvalue weighted by Gasteiger charge is 2.26. The lowest BCUT2D eigenvalue weighted by Gasteiger charge is -2.37. The van der Waals surface area contributed by atoms with E-state index in [1.165, 1.54) is 12.1 Å². The number of halogens is 1. The third-order valence-corrected chi connectivity index (χ3v) is 6.32. The number of aromatic nitrogens is 1. The summed E-state index contributed by atoms with van der Waals surface area (Å²) in [5, 5.41) is 5.98. The molecule has 1 aliphatic heterocycles. The molecule has 0 aliphatic carbocycles. The second-order valence-corrected chi connectivity index (χ2v) is 8.36. The molecule has 2 heterocycles. The van der Waals surface area contributed by atoms with Gasteiger partial charge >= 0.3 is 0 Å². The van der Waals surface area contributed by atoms with Gasteiger partial charge in [0, 0.05) is 49.4 Å². The van der Waals surface area contributed by atoms with Crippen LogP contribution in [-0.2, 0) is 11.3 Å². The van der Waals surface area contributed by atoms with E-state index in [0.717, 1.165) is 49.0 Å². The van der Waals surface area contributed by atoms with Crippen LogP contribution in [0.2, 0.25) is 0 Å². The first-order chi connectivity index (χ1) is 14.6. The minimum atomic E-state index is -0.355. The van der Waals surface area contributed by atoms with E-state index in [4.69, 9.17) is 4.98 Å². The fourth-order valence-corrected chi connectivity index (χ4v) is 4.43. The Hall–Kier alpha value is -2.61. The van der Waals surface area contributed by atoms with Crippen LogP contribution in [0.5, 0.6) is 0 Å². The number of hydrogen-bond acceptors (Lipinski definition) is 5. The molecule has 0 spiro atoms. The van der Waals surface area contributed by atoms with Crippen molar-refractivity contribution in [3.8, 4) is 10.6 Å². The van der Waals surface area contributed by atoms with Crippen LogP contribution < -0.4 is 5.32 Å². The van der Waals surface area contributed by atoms with Crippen molar-refractivity contribution in [2.75, 3.05) is 31.5 Å². The van der Waals surface area contributed by atoms with Crippen LogP contribution in [0.15, 0.2) is 60.0 Å². The number of piperazine rings is 1. The van der Waals surface area contributed by atoms with Crippen molar-refractivity contribution in [2.24, 2.45) is 0 Å². The number of nitrogens with one attached hydrogen (secondary N) is 1. The Balaban J connectivity index is 1.27. The fraction of sp³-hybridized carbons (Fsp3) is 0.304. The van der Waals surface area contributed by atoms with Crippen molar-refractivity contribution in [2.45, 2.75) is 19.5 Å². The smallest absolute Gasteiger partial charge is 0.241 e. The highest BCUT2D eigenvalue weighted by molar-refractivity contribution is 7.13. The summed E-state index contributed by atoms with van der Waals surface area (Å²) in [6.45, 7) is 6.12. The Labute approximate surface area is 180 Å². The molecule has 0 radical (unpaired) electrons. The second kappa shape index (κ2) is 9.47. The summed E-state index contributed by atoms with van der Waals surface area (Å²) < 4.78 is 13.3. The SMILES string of the molecule is CC(C(=O)Nc1cccc(F)c1)N1CCN(Cc2csc(-c3ccccc3)n2)CC1. The molecule has 1 aromatic heterocycles. The highest BCUT2D eigenvalue weighted by atomic mass is 32.1. The summed E-state index contributed by atoms with van der Waals surface area (Å²) in [5.74, 6) is -0.465. The van der Waals surface area contributed by atoms with E-state index >= 15 is 0 Å². The summed E-state index contributed by atoms with van der Waals surface area (Å²) in [4.78, 5) is 21.9. The van der Waals surface area contributed by atoms with Crippen LogP contribution >= 0.6 is 11.3 Å². The normalized spacial score (nSPS) is 16.3. The zero-order valence-corrected chi connectivity index (χ0v) is 17.7. The molecule has 1 amide bonds. The maximum absolute atomic E-state index is 13.3. The van der Waals surface area contributed by atoms with Gasteiger partial charge in [-0.3, -0.25) is 14.6 Å². The average molecular weight is 425 g/mol. The number of thiazole rings is 1. The molecule has 7 heteroatoms. The predicted molar refractivity (Wildman–Crippen MR) is 119 cm³/mol. The minimum Gasteiger partial charge on any atom is -0.325 e. The summed E-state index contributed by atoms with van der Waals surface area (Å²) in [5.41, 5.74) is 2.73. The Morgan fingerprint density at radius 2 is 1.90 bits per heavy atom. The van der Waals surface area contributed by atoms with Gasteiger partial charge in [0.15, 0.2) is 0 Å². The first-order valence-corrected chi connectivity index (χ1v) is 11.0. The molecule has 1 unspecified atom stereocenters. The Morgan fingerprint density at radius 3 is 2.63 bits per heavy atom. The molecule has 1 saturated heterocycles. The number of carbonyl (C=O) groups is 1. The van der Waals surface area contributed by atoms with Gasteiger partial charge in [0.2, 0.25) is 5.91 Å². The number of nitrogens with zero attached hydrogens (tertiary/aromatic N) is 3. The minimum absolute atomic E-state index is 0.110. The number of rotatable bonds is 6. The van der Waals surface area contributed by atoms with Crippen LogP contribution in [0, 0.1) is 5.82 Å². The van der Waals surface area contributed by atoms with E-state index in [1.807, 2.05) is 25.1 Å². The maximum Gasteiger partial charge on any atom is 0.241 e. The van der Waals surface area contributed by atoms with Crippen molar-refractivity contribution in [3.63, 3.8) is 0 Å². The molecule has 5 nitrogen and oxygen atoms in total. The third-order valence-electron chi connectivity index (χ3n) is 5.38. The highest BCUT2D eigenvalue weighted by Crippen LogP contribution is 2.24. The van der Waals surface area contributed by atoms with Crippen LogP contribution in [0.25, 0.3) is 10.6 Å². The van der Waals surface area contributed by atoms with E-state index in [0.29, 0.717) is 5.69 Å². The largest absolute Gasteiger partial charge is 0.325 e. The van der Waals surface area contributed by atoms with Gasteiger partial charge in [-0.25, -0.2) is 9.37 Å². The monoisotopic (exact) mass is 424 g/mol. The van der Waals surface area contributed by atoms with Gasteiger partial charge in [-0.2, -0.15) is 0 Å². The van der Waals surface area contributed by atoms with Crippen LogP contribution in [0.4, 0.5) is 10.1 Å². The lowest BCUT2D eigenvalue weighted by atomic mass is 10.2. The van der Waals surface area contributed by atoms with Gasteiger partial charge in [0.25, 0.3) is 0 Å². The molecule has 2 aromatic carbocycles. The molecule has 0 bridgehead atoms. The zero-order chi connectivity index (χ0) is 20.9. The Bertz CT molecular complexity index is 986. The number of hydrogen-bond donors (Lipinski definition) is 1. The van der Waals surface area contributed by atoms with Gasteiger partial charge in [-0.1, -0.05) is 36.4 Å². The molecule has 4 rings (SSSR count). The van der Waals surface area contributed by atoms with E-state index in [9.17, 15) is 9.18 Å². The summed E-state index contributed by atoms with van der Waals surface area (Å²) in [7, 11) is 0. The van der Waals surface area contributed by atoms with E-state index in [2.05, 4.69) is 32.6 Å². The number of benzene rings is 2. The van der Waals surface area contributed by atoms with Gasteiger partial charge in [0.1, 0.15) is 10.8 Å². The lowest BCUT2D eigenvalue weighted by Crippen LogP contribution is -2.52. The first kappa shape index (κ1) is 20.7. The third kappa shape index (κ3) is 5.11. The summed E-state index contributed by atoms with van der Waals surface area (Å²) in [6, 6.07) is 16.0. The van der Waals surface area contributed by atoms with E-state index in [1.54, 1.807) is 23.5 Å². The molecule has 30 heavy (non-hydrogen) atoms. The van der Waals surface area contributed by atoms with Gasteiger partial charge < -0.3 is 5.32 Å². The zero-order valence-electron chi connectivity index (χ0n) is 16.9. The summed E-state index contributed by atoms with van der Waals surface area (Å²) >= 11 is 1.67. The van der Waals surface area contributed by atoms with Gasteiger partial charge in [0.05, 0.1) is 11.7 Å². The molecule has 0 saturated carbocycles. The standard InChI is InChI=1S/C23H25FN4OS/c1-17(22(29)25-20-9-5-8-19(24)14-20)28-12-10-27(11-13-28)15-21-16-30-23(26-21)18-6-3-2-4-7-18/h2-9,14,16-17H,10-13,15H2,1H3,(H,25,29). The molecule has 1 N–H and O–H groups in total. The van der Waals surface area contributed by atoms with E-state index < -0.39 is 0 Å². The van der Waals surface area contributed by atoms with Gasteiger partial charge in [-0.05, 0) is 25.1 Å². The number of carbonyl (C=O) groups excluding carboxylic acids is 1. The van der Waals surface area contributed by atoms with Crippen LogP contribution in [0.1, 0.15) is 12.6 Å².